The first-order valence-corrected chi connectivity index (χ1v) is 10.1. The molecule has 0 atom stereocenters. The molecule has 6 nitrogen and oxygen atoms in total. The number of anilines is 2. The number of fused-ring (bicyclic) bond motifs is 1. The fraction of sp³-hybridized carbons (Fsp3) is 0.318. The second kappa shape index (κ2) is 8.25. The fourth-order valence-electron chi connectivity index (χ4n) is 3.63. The van der Waals surface area contributed by atoms with Crippen LogP contribution >= 0.6 is 11.6 Å². The van der Waals surface area contributed by atoms with E-state index in [-0.39, 0.29) is 11.8 Å². The number of rotatable bonds is 4. The number of halogens is 1. The minimum absolute atomic E-state index is 0.0339. The van der Waals surface area contributed by atoms with Crippen molar-refractivity contribution in [3.05, 3.63) is 53.1 Å². The zero-order valence-electron chi connectivity index (χ0n) is 16.5. The molecule has 4 rings (SSSR count). The molecular weight excluding hydrogens is 388 g/mol. The lowest BCUT2D eigenvalue weighted by Gasteiger charge is -2.32. The Kier molecular flexibility index (Phi) is 5.53. The molecule has 0 spiro atoms. The van der Waals surface area contributed by atoms with Crippen molar-refractivity contribution in [2.75, 3.05) is 30.4 Å². The average molecular weight is 411 g/mol. The van der Waals surface area contributed by atoms with Crippen molar-refractivity contribution < 1.29 is 9.53 Å². The van der Waals surface area contributed by atoms with Gasteiger partial charge in [0, 0.05) is 29.7 Å². The van der Waals surface area contributed by atoms with E-state index >= 15 is 0 Å². The molecule has 1 aromatic heterocycles. The van der Waals surface area contributed by atoms with Crippen molar-refractivity contribution in [1.82, 2.24) is 9.97 Å². The molecule has 1 N–H and O–H groups in total. The molecule has 0 aliphatic carbocycles. The number of nitrogens with zero attached hydrogens (tertiary/aromatic N) is 3. The number of para-hydroxylation sites is 2. The maximum absolute atomic E-state index is 12.7. The number of nitrogens with one attached hydrogen (secondary N) is 1. The molecule has 0 bridgehead atoms. The Hall–Kier alpha value is -2.86. The van der Waals surface area contributed by atoms with Crippen LogP contribution in [0.2, 0.25) is 5.02 Å². The predicted octanol–water partition coefficient (Wildman–Crippen LogP) is 4.46. The van der Waals surface area contributed by atoms with Crippen molar-refractivity contribution in [3.63, 3.8) is 0 Å². The van der Waals surface area contributed by atoms with E-state index in [0.717, 1.165) is 54.0 Å². The number of carbonyl (C=O) groups excluding carboxylic acids is 1. The molecule has 0 radical (unpaired) electrons. The SMILES string of the molecule is COc1nc2ccccc2nc1N1CCC(C(=O)Nc2cc(Cl)ccc2C)CC1. The molecule has 0 saturated carbocycles. The first-order valence-electron chi connectivity index (χ1n) is 9.68. The van der Waals surface area contributed by atoms with E-state index in [2.05, 4.69) is 15.2 Å². The number of piperidine rings is 1. The van der Waals surface area contributed by atoms with Crippen molar-refractivity contribution >= 4 is 40.0 Å². The first-order chi connectivity index (χ1) is 14.0. The molecule has 0 unspecified atom stereocenters. The number of hydrogen-bond acceptors (Lipinski definition) is 5. The Morgan fingerprint density at radius 1 is 1.14 bits per heavy atom. The summed E-state index contributed by atoms with van der Waals surface area (Å²) in [5.41, 5.74) is 3.40. The maximum Gasteiger partial charge on any atom is 0.257 e. The molecule has 1 fully saturated rings. The van der Waals surface area contributed by atoms with Crippen LogP contribution in [0.4, 0.5) is 11.5 Å². The van der Waals surface area contributed by atoms with Gasteiger partial charge >= 0.3 is 0 Å². The Bertz CT molecular complexity index is 1050. The summed E-state index contributed by atoms with van der Waals surface area (Å²) >= 11 is 6.06. The molecule has 29 heavy (non-hydrogen) atoms. The van der Waals surface area contributed by atoms with E-state index in [9.17, 15) is 4.79 Å². The van der Waals surface area contributed by atoms with E-state index in [4.69, 9.17) is 21.3 Å². The number of amides is 1. The van der Waals surface area contributed by atoms with Crippen LogP contribution in [0.5, 0.6) is 5.88 Å². The monoisotopic (exact) mass is 410 g/mol. The van der Waals surface area contributed by atoms with Gasteiger partial charge in [-0.2, -0.15) is 0 Å². The highest BCUT2D eigenvalue weighted by Gasteiger charge is 2.28. The Morgan fingerprint density at radius 2 is 1.83 bits per heavy atom. The van der Waals surface area contributed by atoms with Gasteiger partial charge in [-0.1, -0.05) is 29.8 Å². The lowest BCUT2D eigenvalue weighted by molar-refractivity contribution is -0.120. The zero-order chi connectivity index (χ0) is 20.4. The summed E-state index contributed by atoms with van der Waals surface area (Å²) in [6, 6.07) is 13.3. The lowest BCUT2D eigenvalue weighted by Crippen LogP contribution is -2.39. The zero-order valence-corrected chi connectivity index (χ0v) is 17.2. The second-order valence-corrected chi connectivity index (χ2v) is 7.69. The lowest BCUT2D eigenvalue weighted by atomic mass is 9.95. The normalized spacial score (nSPS) is 14.8. The first kappa shape index (κ1) is 19.5. The standard InChI is InChI=1S/C22H23ClN4O2/c1-14-7-8-16(23)13-19(14)25-21(28)15-9-11-27(12-10-15)20-22(29-2)26-18-6-4-3-5-17(18)24-20/h3-8,13,15H,9-12H2,1-2H3,(H,25,28). The van der Waals surface area contributed by atoms with Gasteiger partial charge in [-0.15, -0.1) is 0 Å². The Labute approximate surface area is 174 Å². The fourth-order valence-corrected chi connectivity index (χ4v) is 3.81. The van der Waals surface area contributed by atoms with Crippen molar-refractivity contribution in [1.29, 1.82) is 0 Å². The maximum atomic E-state index is 12.7. The molecule has 2 heterocycles. The van der Waals surface area contributed by atoms with Crippen LogP contribution in [0.3, 0.4) is 0 Å². The number of carbonyl (C=O) groups is 1. The molecule has 3 aromatic rings. The van der Waals surface area contributed by atoms with Gasteiger partial charge in [0.1, 0.15) is 0 Å². The molecule has 1 aliphatic rings. The van der Waals surface area contributed by atoms with Crippen LogP contribution in [0.15, 0.2) is 42.5 Å². The average Bonchev–Trinajstić information content (AvgIpc) is 2.75. The van der Waals surface area contributed by atoms with Gasteiger partial charge in [0.25, 0.3) is 5.88 Å². The van der Waals surface area contributed by atoms with Gasteiger partial charge in [0.2, 0.25) is 5.91 Å². The third-order valence-electron chi connectivity index (χ3n) is 5.34. The van der Waals surface area contributed by atoms with E-state index in [1.807, 2.05) is 43.3 Å². The summed E-state index contributed by atoms with van der Waals surface area (Å²) in [5.74, 6) is 1.23. The minimum atomic E-state index is -0.0518. The Balaban J connectivity index is 1.46. The van der Waals surface area contributed by atoms with Crippen molar-refractivity contribution in [2.24, 2.45) is 5.92 Å². The van der Waals surface area contributed by atoms with Gasteiger partial charge in [-0.25, -0.2) is 9.97 Å². The molecule has 1 saturated heterocycles. The van der Waals surface area contributed by atoms with Gasteiger partial charge in [-0.05, 0) is 49.6 Å². The van der Waals surface area contributed by atoms with E-state index in [1.54, 1.807) is 13.2 Å². The summed E-state index contributed by atoms with van der Waals surface area (Å²) in [5, 5.41) is 3.64. The summed E-state index contributed by atoms with van der Waals surface area (Å²) in [4.78, 5) is 24.2. The molecule has 150 valence electrons. The van der Waals surface area contributed by atoms with Crippen LogP contribution in [0, 0.1) is 12.8 Å². The molecule has 1 aliphatic heterocycles. The van der Waals surface area contributed by atoms with E-state index < -0.39 is 0 Å². The number of aromatic nitrogens is 2. The summed E-state index contributed by atoms with van der Waals surface area (Å²) in [6.45, 7) is 3.39. The quantitative estimate of drug-likeness (QED) is 0.688. The van der Waals surface area contributed by atoms with Crippen LogP contribution in [-0.4, -0.2) is 36.1 Å². The number of ether oxygens (including phenoxy) is 1. The number of hydrogen-bond donors (Lipinski definition) is 1. The number of methoxy groups -OCH3 is 1. The van der Waals surface area contributed by atoms with Crippen LogP contribution in [0.25, 0.3) is 11.0 Å². The third-order valence-corrected chi connectivity index (χ3v) is 5.57. The highest BCUT2D eigenvalue weighted by atomic mass is 35.5. The molecule has 7 heteroatoms. The smallest absolute Gasteiger partial charge is 0.257 e. The van der Waals surface area contributed by atoms with E-state index in [1.165, 1.54) is 0 Å². The molecule has 1 amide bonds. The summed E-state index contributed by atoms with van der Waals surface area (Å²) in [6.07, 6.45) is 1.48. The number of aryl methyl sites for hydroxylation is 1. The van der Waals surface area contributed by atoms with Gasteiger partial charge in [0.05, 0.1) is 18.1 Å². The largest absolute Gasteiger partial charge is 0.478 e. The predicted molar refractivity (Wildman–Crippen MR) is 116 cm³/mol. The highest BCUT2D eigenvalue weighted by molar-refractivity contribution is 6.31. The molecule has 2 aromatic carbocycles. The van der Waals surface area contributed by atoms with Crippen LogP contribution in [-0.2, 0) is 4.79 Å². The van der Waals surface area contributed by atoms with Crippen molar-refractivity contribution in [2.45, 2.75) is 19.8 Å². The summed E-state index contributed by atoms with van der Waals surface area (Å²) in [7, 11) is 1.61. The van der Waals surface area contributed by atoms with Crippen LogP contribution in [0.1, 0.15) is 18.4 Å². The van der Waals surface area contributed by atoms with Gasteiger partial charge in [-0.3, -0.25) is 4.79 Å². The topological polar surface area (TPSA) is 67.4 Å². The second-order valence-electron chi connectivity index (χ2n) is 7.26. The van der Waals surface area contributed by atoms with E-state index in [0.29, 0.717) is 10.9 Å². The van der Waals surface area contributed by atoms with Crippen LogP contribution < -0.4 is 15.0 Å². The third kappa shape index (κ3) is 4.12. The van der Waals surface area contributed by atoms with Crippen molar-refractivity contribution in [3.8, 4) is 5.88 Å². The van der Waals surface area contributed by atoms with Gasteiger partial charge in [0.15, 0.2) is 5.82 Å². The number of benzene rings is 2. The Morgan fingerprint density at radius 3 is 2.52 bits per heavy atom. The highest BCUT2D eigenvalue weighted by Crippen LogP contribution is 2.31. The van der Waals surface area contributed by atoms with Gasteiger partial charge < -0.3 is 15.0 Å². The minimum Gasteiger partial charge on any atom is -0.478 e. The molecular formula is C22H23ClN4O2. The summed E-state index contributed by atoms with van der Waals surface area (Å²) < 4.78 is 5.48.